The molecular formula is C25H40O3. The maximum absolute atomic E-state index is 10.6. The number of aliphatic hydroxyl groups excluding tert-OH is 1. The van der Waals surface area contributed by atoms with Crippen LogP contribution in [0.4, 0.5) is 0 Å². The van der Waals surface area contributed by atoms with Crippen LogP contribution in [-0.4, -0.2) is 35.1 Å². The van der Waals surface area contributed by atoms with Gasteiger partial charge in [-0.15, -0.1) is 0 Å². The van der Waals surface area contributed by atoms with E-state index in [-0.39, 0.29) is 6.10 Å². The monoisotopic (exact) mass is 388 g/mol. The Morgan fingerprint density at radius 3 is 2.82 bits per heavy atom. The van der Waals surface area contributed by atoms with Crippen molar-refractivity contribution < 1.29 is 14.9 Å². The van der Waals surface area contributed by atoms with E-state index >= 15 is 0 Å². The molecule has 1 heterocycles. The Kier molecular flexibility index (Phi) is 5.17. The molecule has 1 saturated heterocycles. The van der Waals surface area contributed by atoms with Gasteiger partial charge in [-0.05, 0) is 99.2 Å². The molecule has 0 amide bonds. The van der Waals surface area contributed by atoms with Gasteiger partial charge in [0.05, 0.1) is 18.3 Å². The minimum absolute atomic E-state index is 0.0798. The van der Waals surface area contributed by atoms with E-state index < -0.39 is 5.60 Å². The Hall–Kier alpha value is -0.380. The van der Waals surface area contributed by atoms with Crippen molar-refractivity contribution in [1.82, 2.24) is 0 Å². The second-order valence-electron chi connectivity index (χ2n) is 11.2. The topological polar surface area (TPSA) is 49.7 Å². The largest absolute Gasteiger partial charge is 0.393 e. The second-order valence-corrected chi connectivity index (χ2v) is 11.2. The maximum atomic E-state index is 10.6. The van der Waals surface area contributed by atoms with Gasteiger partial charge in [0.25, 0.3) is 0 Å². The van der Waals surface area contributed by atoms with E-state index in [0.717, 1.165) is 68.3 Å². The number of fused-ring (bicyclic) bond motifs is 5. The van der Waals surface area contributed by atoms with Crippen LogP contribution < -0.4 is 0 Å². The average molecular weight is 389 g/mol. The molecule has 0 aromatic heterocycles. The summed E-state index contributed by atoms with van der Waals surface area (Å²) in [6, 6.07) is 0. The van der Waals surface area contributed by atoms with E-state index in [0.29, 0.717) is 12.0 Å². The lowest BCUT2D eigenvalue weighted by Gasteiger charge is -2.54. The zero-order valence-corrected chi connectivity index (χ0v) is 17.7. The molecule has 3 nitrogen and oxygen atoms in total. The van der Waals surface area contributed by atoms with Crippen molar-refractivity contribution in [3.8, 4) is 0 Å². The molecule has 0 spiro atoms. The van der Waals surface area contributed by atoms with Crippen LogP contribution in [0.2, 0.25) is 0 Å². The van der Waals surface area contributed by atoms with E-state index in [4.69, 9.17) is 4.74 Å². The fourth-order valence-electron chi connectivity index (χ4n) is 8.30. The van der Waals surface area contributed by atoms with Crippen LogP contribution in [0, 0.1) is 35.0 Å². The Balaban J connectivity index is 1.24. The predicted octanol–water partition coefficient (Wildman–Crippen LogP) is 4.86. The van der Waals surface area contributed by atoms with Gasteiger partial charge in [0.1, 0.15) is 0 Å². The Morgan fingerprint density at radius 1 is 1.11 bits per heavy atom. The number of ether oxygens (including phenoxy) is 1. The van der Waals surface area contributed by atoms with Crippen molar-refractivity contribution in [2.45, 2.75) is 95.7 Å². The molecule has 5 aliphatic rings. The van der Waals surface area contributed by atoms with E-state index in [1.54, 1.807) is 5.57 Å². The lowest BCUT2D eigenvalue weighted by Crippen LogP contribution is -2.46. The van der Waals surface area contributed by atoms with Crippen LogP contribution in [-0.2, 0) is 4.74 Å². The van der Waals surface area contributed by atoms with E-state index in [9.17, 15) is 10.2 Å². The van der Waals surface area contributed by atoms with Gasteiger partial charge in [0.2, 0.25) is 0 Å². The number of allylic oxidation sites excluding steroid dienone is 1. The molecule has 0 radical (unpaired) electrons. The van der Waals surface area contributed by atoms with Crippen LogP contribution in [0.15, 0.2) is 11.6 Å². The molecule has 0 aromatic carbocycles. The van der Waals surface area contributed by atoms with E-state index in [2.05, 4.69) is 13.0 Å². The average Bonchev–Trinajstić information content (AvgIpc) is 3.25. The zero-order chi connectivity index (χ0) is 19.4. The molecule has 1 aliphatic heterocycles. The van der Waals surface area contributed by atoms with Gasteiger partial charge in [-0.1, -0.05) is 25.0 Å². The van der Waals surface area contributed by atoms with Crippen molar-refractivity contribution in [3.63, 3.8) is 0 Å². The summed E-state index contributed by atoms with van der Waals surface area (Å²) >= 11 is 0. The maximum Gasteiger partial charge on any atom is 0.0902 e. The van der Waals surface area contributed by atoms with Gasteiger partial charge in [-0.25, -0.2) is 0 Å². The number of rotatable bonds is 4. The first-order valence-corrected chi connectivity index (χ1v) is 12.2. The first kappa shape index (κ1) is 19.6. The third-order valence-corrected chi connectivity index (χ3v) is 9.89. The minimum atomic E-state index is -0.535. The highest BCUT2D eigenvalue weighted by Crippen LogP contribution is 2.64. The van der Waals surface area contributed by atoms with Gasteiger partial charge in [-0.3, -0.25) is 0 Å². The molecule has 8 atom stereocenters. The normalized spacial score (nSPS) is 50.6. The summed E-state index contributed by atoms with van der Waals surface area (Å²) in [5.74, 6) is 4.31. The van der Waals surface area contributed by atoms with Crippen LogP contribution in [0.1, 0.15) is 84.0 Å². The molecule has 4 fully saturated rings. The minimum Gasteiger partial charge on any atom is -0.393 e. The second kappa shape index (κ2) is 7.39. The van der Waals surface area contributed by atoms with Crippen LogP contribution >= 0.6 is 0 Å². The third kappa shape index (κ3) is 3.30. The van der Waals surface area contributed by atoms with Gasteiger partial charge < -0.3 is 14.9 Å². The number of hydrogen-bond donors (Lipinski definition) is 2. The Labute approximate surface area is 170 Å². The summed E-state index contributed by atoms with van der Waals surface area (Å²) in [5, 5.41) is 20.7. The van der Waals surface area contributed by atoms with Crippen LogP contribution in [0.25, 0.3) is 0 Å². The highest BCUT2D eigenvalue weighted by Gasteiger charge is 2.55. The van der Waals surface area contributed by atoms with Crippen LogP contribution in [0.3, 0.4) is 0 Å². The molecule has 28 heavy (non-hydrogen) atoms. The Morgan fingerprint density at radius 2 is 2.00 bits per heavy atom. The number of aliphatic hydroxyl groups is 2. The quantitative estimate of drug-likeness (QED) is 0.676. The van der Waals surface area contributed by atoms with Gasteiger partial charge >= 0.3 is 0 Å². The van der Waals surface area contributed by atoms with Gasteiger partial charge in [0, 0.05) is 13.0 Å². The van der Waals surface area contributed by atoms with Crippen molar-refractivity contribution in [2.75, 3.05) is 13.2 Å². The summed E-state index contributed by atoms with van der Waals surface area (Å²) in [4.78, 5) is 0. The third-order valence-electron chi connectivity index (χ3n) is 9.89. The lowest BCUT2D eigenvalue weighted by atomic mass is 9.51. The molecule has 5 rings (SSSR count). The van der Waals surface area contributed by atoms with E-state index in [1.807, 2.05) is 0 Å². The summed E-state index contributed by atoms with van der Waals surface area (Å²) in [5.41, 5.74) is 1.59. The highest BCUT2D eigenvalue weighted by molar-refractivity contribution is 5.20. The van der Waals surface area contributed by atoms with Gasteiger partial charge in [-0.2, -0.15) is 0 Å². The highest BCUT2D eigenvalue weighted by atomic mass is 16.5. The molecule has 0 aromatic rings. The molecule has 2 N–H and O–H groups in total. The Bertz CT molecular complexity index is 607. The fraction of sp³-hybridized carbons (Fsp3) is 0.920. The molecular weight excluding hydrogens is 348 g/mol. The van der Waals surface area contributed by atoms with Crippen molar-refractivity contribution in [1.29, 1.82) is 0 Å². The molecule has 158 valence electrons. The first-order chi connectivity index (χ1) is 13.5. The van der Waals surface area contributed by atoms with Crippen LogP contribution in [0.5, 0.6) is 0 Å². The fourth-order valence-corrected chi connectivity index (χ4v) is 8.30. The summed E-state index contributed by atoms with van der Waals surface area (Å²) in [7, 11) is 0. The molecule has 0 bridgehead atoms. The summed E-state index contributed by atoms with van der Waals surface area (Å²) < 4.78 is 5.43. The lowest BCUT2D eigenvalue weighted by molar-refractivity contribution is -0.0228. The van der Waals surface area contributed by atoms with Crippen molar-refractivity contribution >= 4 is 0 Å². The first-order valence-electron chi connectivity index (χ1n) is 12.2. The smallest absolute Gasteiger partial charge is 0.0902 e. The zero-order valence-electron chi connectivity index (χ0n) is 17.7. The van der Waals surface area contributed by atoms with E-state index in [1.165, 1.54) is 44.9 Å². The molecule has 3 saturated carbocycles. The van der Waals surface area contributed by atoms with Crippen molar-refractivity contribution in [2.24, 2.45) is 35.0 Å². The SMILES string of the molecule is CC12CCC3C4CCC(O)CC4=CCC3C1CCC2CCCC1(O)CCOC1. The standard InChI is InChI=1S/C25H40O3/c1-24-12-10-21-20-8-6-19(26)15-17(20)4-7-22(21)23(24)9-5-18(24)3-2-11-25(27)13-14-28-16-25/h4,18-23,26-27H,2-3,5-16H2,1H3. The summed E-state index contributed by atoms with van der Waals surface area (Å²) in [6.07, 6.45) is 16.8. The molecule has 8 unspecified atom stereocenters. The number of hydrogen-bond acceptors (Lipinski definition) is 3. The van der Waals surface area contributed by atoms with Gasteiger partial charge in [0.15, 0.2) is 0 Å². The molecule has 4 aliphatic carbocycles. The summed E-state index contributed by atoms with van der Waals surface area (Å²) in [6.45, 7) is 3.89. The van der Waals surface area contributed by atoms with Crippen molar-refractivity contribution in [3.05, 3.63) is 11.6 Å². The molecule has 3 heteroatoms. The predicted molar refractivity (Wildman–Crippen MR) is 111 cm³/mol.